The quantitative estimate of drug-likeness (QED) is 0.627. The van der Waals surface area contributed by atoms with Gasteiger partial charge in [0, 0.05) is 25.3 Å². The van der Waals surface area contributed by atoms with Crippen LogP contribution in [-0.4, -0.2) is 50.4 Å². The molecule has 0 unspecified atom stereocenters. The van der Waals surface area contributed by atoms with Gasteiger partial charge in [0.15, 0.2) is 17.5 Å². The molecule has 5 rings (SSSR count). The van der Waals surface area contributed by atoms with Crippen molar-refractivity contribution in [2.24, 2.45) is 11.8 Å². The number of anilines is 2. The molecule has 0 aromatic carbocycles. The van der Waals surface area contributed by atoms with Crippen molar-refractivity contribution in [2.45, 2.75) is 45.0 Å². The topological polar surface area (TPSA) is 67.6 Å². The van der Waals surface area contributed by atoms with E-state index in [4.69, 9.17) is 4.74 Å². The third-order valence-electron chi connectivity index (χ3n) is 6.15. The summed E-state index contributed by atoms with van der Waals surface area (Å²) in [6.45, 7) is 4.88. The maximum atomic E-state index is 12.9. The highest BCUT2D eigenvalue weighted by Crippen LogP contribution is 2.41. The summed E-state index contributed by atoms with van der Waals surface area (Å²) >= 11 is 1.54. The molecule has 3 aromatic rings. The number of hydrogen-bond acceptors (Lipinski definition) is 7. The molecule has 1 saturated carbocycles. The van der Waals surface area contributed by atoms with Gasteiger partial charge in [0.05, 0.1) is 5.69 Å². The molecule has 1 aliphatic heterocycles. The third kappa shape index (κ3) is 3.90. The first-order valence-corrected chi connectivity index (χ1v) is 11.1. The van der Waals surface area contributed by atoms with Gasteiger partial charge >= 0.3 is 6.18 Å². The van der Waals surface area contributed by atoms with Crippen molar-refractivity contribution in [1.82, 2.24) is 19.0 Å². The maximum absolute atomic E-state index is 12.9. The number of piperidine rings is 1. The molecule has 0 amide bonds. The number of aromatic nitrogens is 4. The summed E-state index contributed by atoms with van der Waals surface area (Å²) in [5.74, 6) is 1.38. The SMILES string of the molecule is Cc1cc(N2C[C@H]3CC[C@@H](C2)[C@@H]3Nc2nc3c(O[C@H](C)C(F)(F)F)cccn3n2)sn1. The first kappa shape index (κ1) is 20.3. The lowest BCUT2D eigenvalue weighted by Crippen LogP contribution is -2.48. The van der Waals surface area contributed by atoms with E-state index in [1.807, 2.05) is 6.92 Å². The van der Waals surface area contributed by atoms with Gasteiger partial charge in [-0.15, -0.1) is 5.10 Å². The molecule has 2 bridgehead atoms. The molecule has 0 spiro atoms. The number of fused-ring (bicyclic) bond motifs is 3. The molecule has 1 aliphatic carbocycles. The van der Waals surface area contributed by atoms with Crippen LogP contribution >= 0.6 is 11.5 Å². The van der Waals surface area contributed by atoms with Gasteiger partial charge in [-0.05, 0) is 68.3 Å². The summed E-state index contributed by atoms with van der Waals surface area (Å²) in [6, 6.07) is 5.45. The Morgan fingerprint density at radius 1 is 1.26 bits per heavy atom. The lowest BCUT2D eigenvalue weighted by molar-refractivity contribution is -0.189. The molecule has 4 atom stereocenters. The van der Waals surface area contributed by atoms with Gasteiger partial charge in [0.2, 0.25) is 5.95 Å². The molecular weight excluding hydrogens is 429 g/mol. The van der Waals surface area contributed by atoms with E-state index in [-0.39, 0.29) is 17.4 Å². The molecule has 4 heterocycles. The summed E-state index contributed by atoms with van der Waals surface area (Å²) in [4.78, 5) is 6.86. The minimum Gasteiger partial charge on any atom is -0.477 e. The molecule has 2 aliphatic rings. The first-order chi connectivity index (χ1) is 14.8. The number of pyridine rings is 1. The highest BCUT2D eigenvalue weighted by molar-refractivity contribution is 7.10. The van der Waals surface area contributed by atoms with E-state index in [0.29, 0.717) is 17.8 Å². The highest BCUT2D eigenvalue weighted by atomic mass is 32.1. The number of nitrogens with zero attached hydrogens (tertiary/aromatic N) is 5. The Bertz CT molecular complexity index is 1070. The number of aryl methyl sites for hydroxylation is 1. The predicted molar refractivity (Wildman–Crippen MR) is 112 cm³/mol. The Morgan fingerprint density at radius 2 is 2.00 bits per heavy atom. The second-order valence-corrected chi connectivity index (χ2v) is 9.14. The fourth-order valence-corrected chi connectivity index (χ4v) is 5.36. The van der Waals surface area contributed by atoms with Crippen molar-refractivity contribution < 1.29 is 17.9 Å². The van der Waals surface area contributed by atoms with Gasteiger partial charge in [-0.25, -0.2) is 4.52 Å². The average molecular weight is 453 g/mol. The Balaban J connectivity index is 1.33. The summed E-state index contributed by atoms with van der Waals surface area (Å²) in [5.41, 5.74) is 1.31. The maximum Gasteiger partial charge on any atom is 0.425 e. The van der Waals surface area contributed by atoms with Crippen LogP contribution in [0, 0.1) is 18.8 Å². The smallest absolute Gasteiger partial charge is 0.425 e. The number of rotatable bonds is 5. The molecule has 166 valence electrons. The van der Waals surface area contributed by atoms with Gasteiger partial charge in [-0.1, -0.05) is 0 Å². The van der Waals surface area contributed by atoms with Gasteiger partial charge < -0.3 is 15.0 Å². The standard InChI is InChI=1S/C20H23F3N6OS/c1-11-8-16(31-27-11)28-9-13-5-6-14(10-28)17(13)24-19-25-18-15(4-3-7-29(18)26-19)30-12(2)20(21,22)23/h3-4,7-8,12-14,17H,5-6,9-10H2,1-2H3,(H,24,26)/t12-,13-,14+,17-/m1/s1. The van der Waals surface area contributed by atoms with E-state index in [9.17, 15) is 13.2 Å². The predicted octanol–water partition coefficient (Wildman–Crippen LogP) is 4.15. The number of ether oxygens (including phenoxy) is 1. The molecule has 11 heteroatoms. The molecule has 3 aromatic heterocycles. The van der Waals surface area contributed by atoms with Crippen LogP contribution in [0.1, 0.15) is 25.5 Å². The van der Waals surface area contributed by atoms with Crippen molar-refractivity contribution in [2.75, 3.05) is 23.3 Å². The van der Waals surface area contributed by atoms with E-state index < -0.39 is 12.3 Å². The zero-order chi connectivity index (χ0) is 21.8. The van der Waals surface area contributed by atoms with Crippen LogP contribution in [0.3, 0.4) is 0 Å². The summed E-state index contributed by atoms with van der Waals surface area (Å²) in [5, 5.41) is 9.09. The molecule has 1 saturated heterocycles. The number of alkyl halides is 3. The summed E-state index contributed by atoms with van der Waals surface area (Å²) in [6.07, 6.45) is -2.47. The molecular formula is C20H23F3N6OS. The summed E-state index contributed by atoms with van der Waals surface area (Å²) < 4.78 is 49.7. The number of halogens is 3. The van der Waals surface area contributed by atoms with E-state index in [2.05, 4.69) is 30.7 Å². The fraction of sp³-hybridized carbons (Fsp3) is 0.550. The van der Waals surface area contributed by atoms with Gasteiger partial charge in [-0.2, -0.15) is 22.5 Å². The zero-order valence-electron chi connectivity index (χ0n) is 17.1. The summed E-state index contributed by atoms with van der Waals surface area (Å²) in [7, 11) is 0. The van der Waals surface area contributed by atoms with Gasteiger partial charge in [0.25, 0.3) is 0 Å². The minimum atomic E-state index is -4.45. The van der Waals surface area contributed by atoms with Crippen molar-refractivity contribution >= 4 is 28.1 Å². The van der Waals surface area contributed by atoms with E-state index >= 15 is 0 Å². The van der Waals surface area contributed by atoms with Crippen molar-refractivity contribution in [3.05, 3.63) is 30.1 Å². The van der Waals surface area contributed by atoms with E-state index in [1.54, 1.807) is 12.3 Å². The van der Waals surface area contributed by atoms with Crippen molar-refractivity contribution in [3.8, 4) is 5.75 Å². The second-order valence-electron chi connectivity index (χ2n) is 8.36. The minimum absolute atomic E-state index is 0.0613. The molecule has 31 heavy (non-hydrogen) atoms. The van der Waals surface area contributed by atoms with Crippen molar-refractivity contribution in [3.63, 3.8) is 0 Å². The molecule has 2 fully saturated rings. The van der Waals surface area contributed by atoms with Crippen LogP contribution in [0.25, 0.3) is 5.65 Å². The van der Waals surface area contributed by atoms with Crippen LogP contribution in [0.4, 0.5) is 24.1 Å². The molecule has 1 N–H and O–H groups in total. The fourth-order valence-electron chi connectivity index (χ4n) is 4.58. The lowest BCUT2D eigenvalue weighted by atomic mass is 9.92. The lowest BCUT2D eigenvalue weighted by Gasteiger charge is -2.38. The van der Waals surface area contributed by atoms with Crippen LogP contribution in [0.2, 0.25) is 0 Å². The Morgan fingerprint density at radius 3 is 2.65 bits per heavy atom. The number of nitrogens with one attached hydrogen (secondary N) is 1. The Labute approximate surface area is 181 Å². The Kier molecular flexibility index (Phi) is 4.95. The zero-order valence-corrected chi connectivity index (χ0v) is 18.0. The van der Waals surface area contributed by atoms with E-state index in [0.717, 1.165) is 38.5 Å². The third-order valence-corrected chi connectivity index (χ3v) is 7.09. The van der Waals surface area contributed by atoms with Crippen molar-refractivity contribution in [1.29, 1.82) is 0 Å². The van der Waals surface area contributed by atoms with Crippen LogP contribution < -0.4 is 15.0 Å². The van der Waals surface area contributed by atoms with Crippen LogP contribution in [-0.2, 0) is 0 Å². The van der Waals surface area contributed by atoms with Gasteiger partial charge in [0.1, 0.15) is 5.00 Å². The highest BCUT2D eigenvalue weighted by Gasteiger charge is 2.43. The second kappa shape index (κ2) is 7.54. The number of hydrogen-bond donors (Lipinski definition) is 1. The van der Waals surface area contributed by atoms with Crippen LogP contribution in [0.15, 0.2) is 24.4 Å². The molecule has 0 radical (unpaired) electrons. The van der Waals surface area contributed by atoms with Gasteiger partial charge in [-0.3, -0.25) is 0 Å². The monoisotopic (exact) mass is 452 g/mol. The normalized spacial score (nSPS) is 24.5. The van der Waals surface area contributed by atoms with Crippen LogP contribution in [0.5, 0.6) is 5.75 Å². The first-order valence-electron chi connectivity index (χ1n) is 10.3. The van der Waals surface area contributed by atoms with E-state index in [1.165, 1.54) is 27.1 Å². The Hall–Kier alpha value is -2.56. The largest absolute Gasteiger partial charge is 0.477 e. The average Bonchev–Trinajstić information content (AvgIpc) is 3.38. The molecule has 7 nitrogen and oxygen atoms in total.